The largest absolute Gasteiger partial charge is 0.528 e. The molecule has 0 fully saturated rings. The van der Waals surface area contributed by atoms with Gasteiger partial charge in [-0.2, -0.15) is 0 Å². The van der Waals surface area contributed by atoms with E-state index in [1.54, 1.807) is 0 Å². The van der Waals surface area contributed by atoms with Crippen LogP contribution in [0.25, 0.3) is 133 Å². The SMILES string of the molecule is Brc1cc2ccccc2c2c1c1ccccc1n2-c1ccccc1.OB(O)c1nc(-c2ccccc2)nc(-c2ccccc2)n1.c1ccc(-c2nc(-c3ccccc3)nc(-c3cc4ccccc4c4c3c3ccccc3n4-c3ccccc3)n2)cc1. The molecule has 0 radical (unpaired) electrons. The Morgan fingerprint density at radius 2 is 0.616 bits per heavy atom. The van der Waals surface area contributed by atoms with Crippen LogP contribution in [0.1, 0.15) is 0 Å². The van der Waals surface area contributed by atoms with Crippen LogP contribution in [0, 0.1) is 0 Å². The molecule has 0 aliphatic carbocycles. The lowest BCUT2D eigenvalue weighted by Crippen LogP contribution is -2.36. The van der Waals surface area contributed by atoms with Crippen LogP contribution in [-0.2, 0) is 0 Å². The van der Waals surface area contributed by atoms with Crippen molar-refractivity contribution >= 4 is 93.9 Å². The van der Waals surface area contributed by atoms with Crippen LogP contribution in [0.4, 0.5) is 0 Å². The summed E-state index contributed by atoms with van der Waals surface area (Å²) in [4.78, 5) is 27.8. The summed E-state index contributed by atoms with van der Waals surface area (Å²) in [6.45, 7) is 0. The Hall–Kier alpha value is -10.8. The fourth-order valence-corrected chi connectivity index (χ4v) is 12.0. The van der Waals surface area contributed by atoms with E-state index in [-0.39, 0.29) is 5.72 Å². The monoisotopic (exact) mass is 1170 g/mol. The van der Waals surface area contributed by atoms with Crippen LogP contribution in [-0.4, -0.2) is 56.2 Å². The Morgan fingerprint density at radius 1 is 0.302 bits per heavy atom. The van der Waals surface area contributed by atoms with E-state index in [0.717, 1.165) is 65.2 Å². The molecule has 86 heavy (non-hydrogen) atoms. The summed E-state index contributed by atoms with van der Waals surface area (Å²) < 4.78 is 5.88. The molecule has 16 rings (SSSR count). The second kappa shape index (κ2) is 23.5. The van der Waals surface area contributed by atoms with E-state index in [1.807, 2.05) is 121 Å². The van der Waals surface area contributed by atoms with Crippen molar-refractivity contribution in [2.45, 2.75) is 0 Å². The molecule has 10 nitrogen and oxygen atoms in total. The first-order chi connectivity index (χ1) is 42.4. The minimum Gasteiger partial charge on any atom is -0.421 e. The van der Waals surface area contributed by atoms with Crippen molar-refractivity contribution in [2.75, 3.05) is 0 Å². The van der Waals surface area contributed by atoms with Crippen molar-refractivity contribution in [1.82, 2.24) is 39.0 Å². The van der Waals surface area contributed by atoms with Crippen LogP contribution in [0.5, 0.6) is 0 Å². The molecule has 0 saturated heterocycles. The standard InChI is InChI=1S/C37H24N4.C22H14BrN.C15H12BN3O2/c1-4-14-25(15-5-1)35-38-36(26-16-6-2-7-17-26)40-37(39-35)31-24-27-18-10-11-21-29(27)34-33(31)30-22-12-13-23-32(30)41(34)28-19-8-3-9-20-28;23-19-14-15-8-4-5-11-17(15)22-21(19)18-12-6-7-13-20(18)24(22)16-9-2-1-3-10-16;20-16(21)15-18-13(11-7-3-1-4-8-11)17-14(19-15)12-9-5-2-6-10-12/h1-24H;1-14H;1-10,20-21H. The van der Waals surface area contributed by atoms with Crippen molar-refractivity contribution in [3.05, 3.63) is 296 Å². The second-order valence-electron chi connectivity index (χ2n) is 20.5. The highest BCUT2D eigenvalue weighted by Crippen LogP contribution is 2.44. The second-order valence-corrected chi connectivity index (χ2v) is 21.4. The van der Waals surface area contributed by atoms with Crippen LogP contribution < -0.4 is 5.72 Å². The van der Waals surface area contributed by atoms with Crippen LogP contribution >= 0.6 is 15.9 Å². The number of benzene rings is 12. The van der Waals surface area contributed by atoms with Crippen molar-refractivity contribution in [3.8, 4) is 68.3 Å². The van der Waals surface area contributed by atoms with Gasteiger partial charge in [0.05, 0.1) is 22.1 Å². The molecule has 0 aliphatic rings. The molecule has 0 atom stereocenters. The fraction of sp³-hybridized carbons (Fsp3) is 0. The zero-order valence-corrected chi connectivity index (χ0v) is 47.7. The molecule has 4 aromatic heterocycles. The Morgan fingerprint density at radius 3 is 1.03 bits per heavy atom. The molecule has 4 heterocycles. The number of hydrogen-bond donors (Lipinski definition) is 2. The van der Waals surface area contributed by atoms with Gasteiger partial charge in [0.1, 0.15) is 0 Å². The summed E-state index contributed by atoms with van der Waals surface area (Å²) in [5, 5.41) is 28.4. The van der Waals surface area contributed by atoms with Gasteiger partial charge >= 0.3 is 7.12 Å². The molecule has 0 bridgehead atoms. The summed E-state index contributed by atoms with van der Waals surface area (Å²) >= 11 is 3.81. The van der Waals surface area contributed by atoms with Gasteiger partial charge in [0.25, 0.3) is 0 Å². The third-order valence-electron chi connectivity index (χ3n) is 15.2. The van der Waals surface area contributed by atoms with Crippen molar-refractivity contribution in [2.24, 2.45) is 0 Å². The topological polar surface area (TPSA) is 128 Å². The number of aromatic nitrogens is 8. The van der Waals surface area contributed by atoms with Crippen LogP contribution in [0.3, 0.4) is 0 Å². The van der Waals surface area contributed by atoms with Gasteiger partial charge in [-0.15, -0.1) is 0 Å². The predicted molar refractivity (Wildman–Crippen MR) is 354 cm³/mol. The molecule has 12 heteroatoms. The Labute approximate surface area is 504 Å². The highest BCUT2D eigenvalue weighted by Gasteiger charge is 2.24. The lowest BCUT2D eigenvalue weighted by Gasteiger charge is -2.13. The molecule has 2 N–H and O–H groups in total. The first kappa shape index (κ1) is 53.3. The summed E-state index contributed by atoms with van der Waals surface area (Å²) in [6, 6.07) is 99.0. The molecule has 12 aromatic carbocycles. The number of para-hydroxylation sites is 4. The molecule has 408 valence electrons. The third-order valence-corrected chi connectivity index (χ3v) is 15.8. The number of nitrogens with zero attached hydrogens (tertiary/aromatic N) is 8. The maximum Gasteiger partial charge on any atom is 0.528 e. The van der Waals surface area contributed by atoms with E-state index in [0.29, 0.717) is 29.1 Å². The molecule has 0 spiro atoms. The maximum atomic E-state index is 9.37. The maximum absolute atomic E-state index is 9.37. The molecule has 16 aromatic rings. The van der Waals surface area contributed by atoms with Gasteiger partial charge in [-0.1, -0.05) is 259 Å². The third kappa shape index (κ3) is 10.2. The van der Waals surface area contributed by atoms with Crippen molar-refractivity contribution in [3.63, 3.8) is 0 Å². The summed E-state index contributed by atoms with van der Waals surface area (Å²) in [7, 11) is -1.74. The quantitative estimate of drug-likeness (QED) is 0.144. The van der Waals surface area contributed by atoms with Gasteiger partial charge in [0, 0.05) is 76.0 Å². The lowest BCUT2D eigenvalue weighted by atomic mass is 9.90. The highest BCUT2D eigenvalue weighted by atomic mass is 79.9. The zero-order chi connectivity index (χ0) is 57.9. The van der Waals surface area contributed by atoms with Gasteiger partial charge in [0.2, 0.25) is 0 Å². The number of hydrogen-bond acceptors (Lipinski definition) is 8. The summed E-state index contributed by atoms with van der Waals surface area (Å²) in [5.41, 5.74) is 11.5. The molecule has 0 saturated carbocycles. The van der Waals surface area contributed by atoms with E-state index in [9.17, 15) is 10.0 Å². The summed E-state index contributed by atoms with van der Waals surface area (Å²) in [6.07, 6.45) is 0. The average Bonchev–Trinajstić information content (AvgIpc) is 1.63. The Balaban J connectivity index is 0.000000124. The smallest absolute Gasteiger partial charge is 0.421 e. The van der Waals surface area contributed by atoms with E-state index < -0.39 is 7.12 Å². The minimum atomic E-state index is -1.74. The van der Waals surface area contributed by atoms with E-state index >= 15 is 0 Å². The fourth-order valence-electron chi connectivity index (χ4n) is 11.4. The minimum absolute atomic E-state index is 0.0669. The van der Waals surface area contributed by atoms with E-state index in [4.69, 9.17) is 15.0 Å². The van der Waals surface area contributed by atoms with E-state index in [1.165, 1.54) is 43.7 Å². The zero-order valence-electron chi connectivity index (χ0n) is 46.1. The molecule has 0 unspecified atom stereocenters. The lowest BCUT2D eigenvalue weighted by molar-refractivity contribution is 0.422. The van der Waals surface area contributed by atoms with Gasteiger partial charge in [0.15, 0.2) is 34.8 Å². The molecular formula is C74H50BBrN8O2. The van der Waals surface area contributed by atoms with Gasteiger partial charge < -0.3 is 19.2 Å². The van der Waals surface area contributed by atoms with Gasteiger partial charge in [-0.05, 0) is 59.3 Å². The van der Waals surface area contributed by atoms with Crippen molar-refractivity contribution in [1.29, 1.82) is 0 Å². The predicted octanol–water partition coefficient (Wildman–Crippen LogP) is 16.7. The van der Waals surface area contributed by atoms with Crippen molar-refractivity contribution < 1.29 is 10.0 Å². The molecule has 0 amide bonds. The Kier molecular flexibility index (Phi) is 14.5. The highest BCUT2D eigenvalue weighted by molar-refractivity contribution is 9.10. The molecular weight excluding hydrogens is 1120 g/mol. The molecule has 0 aliphatic heterocycles. The number of fused-ring (bicyclic) bond motifs is 10. The number of rotatable bonds is 8. The van der Waals surface area contributed by atoms with Crippen LogP contribution in [0.2, 0.25) is 0 Å². The number of halogens is 1. The van der Waals surface area contributed by atoms with E-state index in [2.05, 4.69) is 210 Å². The normalized spacial score (nSPS) is 11.2. The van der Waals surface area contributed by atoms with Gasteiger partial charge in [-0.25, -0.2) is 29.9 Å². The first-order valence-electron chi connectivity index (χ1n) is 28.2. The summed E-state index contributed by atoms with van der Waals surface area (Å²) in [5.74, 6) is 2.79. The van der Waals surface area contributed by atoms with Gasteiger partial charge in [-0.3, -0.25) is 0 Å². The van der Waals surface area contributed by atoms with Crippen LogP contribution in [0.15, 0.2) is 296 Å². The average molecular weight is 1170 g/mol. The first-order valence-corrected chi connectivity index (χ1v) is 29.0. The Bertz CT molecular complexity index is 4980.